The minimum Gasteiger partial charge on any atom is -0.512 e. The van der Waals surface area contributed by atoms with E-state index in [0.717, 1.165) is 0 Å². The molecule has 3 N–H and O–H groups in total. The van der Waals surface area contributed by atoms with E-state index in [9.17, 15) is 29.7 Å². The number of ketones is 3. The van der Waals surface area contributed by atoms with E-state index < -0.39 is 16.2 Å². The summed E-state index contributed by atoms with van der Waals surface area (Å²) in [4.78, 5) is 34.5. The molecule has 0 aliphatic carbocycles. The van der Waals surface area contributed by atoms with Crippen molar-refractivity contribution in [2.45, 2.75) is 125 Å². The Bertz CT molecular complexity index is 801. The second-order valence-electron chi connectivity index (χ2n) is 16.2. The first kappa shape index (κ1) is 46.0. The number of allylic oxidation sites excluding steroid dienone is 6. The summed E-state index contributed by atoms with van der Waals surface area (Å²) in [6, 6.07) is 0. The average Bonchev–Trinajstić information content (AvgIpc) is 2.64. The number of carbonyl (C=O) groups excluding carboxylic acids is 3. The summed E-state index contributed by atoms with van der Waals surface area (Å²) in [5.74, 6) is 0.312. The number of aliphatic hydroxyl groups is 3. The average molecular weight is 697 g/mol. The quantitative estimate of drug-likeness (QED) is 0.200. The van der Waals surface area contributed by atoms with Crippen molar-refractivity contribution in [2.24, 2.45) is 32.5 Å². The minimum absolute atomic E-state index is 0. The molecule has 0 atom stereocenters. The molecule has 0 aromatic rings. The van der Waals surface area contributed by atoms with E-state index >= 15 is 0 Å². The molecule has 0 aromatic heterocycles. The van der Waals surface area contributed by atoms with Crippen molar-refractivity contribution in [3.63, 3.8) is 0 Å². The van der Waals surface area contributed by atoms with Gasteiger partial charge in [0.25, 0.3) is 0 Å². The van der Waals surface area contributed by atoms with Crippen molar-refractivity contribution in [2.75, 3.05) is 0 Å². The Morgan fingerprint density at radius 3 is 0.550 bits per heavy atom. The molecule has 0 spiro atoms. The van der Waals surface area contributed by atoms with E-state index in [0.29, 0.717) is 0 Å². The molecule has 0 unspecified atom stereocenters. The van der Waals surface area contributed by atoms with E-state index in [1.54, 1.807) is 0 Å². The molecule has 7 heteroatoms. The van der Waals surface area contributed by atoms with Crippen LogP contribution in [-0.2, 0) is 14.4 Å². The maximum atomic E-state index is 11.5. The summed E-state index contributed by atoms with van der Waals surface area (Å²) < 4.78 is 0. The number of hydrogen-bond donors (Lipinski definition) is 3. The van der Waals surface area contributed by atoms with Crippen molar-refractivity contribution in [1.29, 1.82) is 0 Å². The molecular formula is C33H60NdO6. The largest absolute Gasteiger partial charge is 0.512 e. The molecule has 6 nitrogen and oxygen atoms in total. The fraction of sp³-hybridized carbons (Fsp3) is 0.727. The summed E-state index contributed by atoms with van der Waals surface area (Å²) in [7, 11) is 0. The molecule has 0 radical (unpaired) electrons. The van der Waals surface area contributed by atoms with Gasteiger partial charge in [0.05, 0.1) is 0 Å². The first-order chi connectivity index (χ1) is 16.6. The van der Waals surface area contributed by atoms with Crippen LogP contribution in [0.2, 0.25) is 0 Å². The molecule has 0 aliphatic rings. The van der Waals surface area contributed by atoms with Crippen molar-refractivity contribution in [1.82, 2.24) is 0 Å². The minimum atomic E-state index is -0.417. The zero-order valence-corrected chi connectivity index (χ0v) is 32.0. The third-order valence-electron chi connectivity index (χ3n) is 5.33. The van der Waals surface area contributed by atoms with Crippen LogP contribution in [0.3, 0.4) is 0 Å². The maximum Gasteiger partial charge on any atom is 0.164 e. The van der Waals surface area contributed by atoms with Gasteiger partial charge in [-0.1, -0.05) is 125 Å². The molecular weight excluding hydrogens is 637 g/mol. The molecule has 0 saturated carbocycles. The SMILES string of the molecule is CC(C)(C)C(=O)C=C(O)C(C)(C)C.CC(C)(C)C(=O)C=C(O)C(C)(C)C.CC(C)(C)C(=O)C=C(O)C(C)(C)C.[Nd]. The van der Waals surface area contributed by atoms with E-state index in [1.165, 1.54) is 18.2 Å². The first-order valence-electron chi connectivity index (χ1n) is 13.5. The monoisotopic (exact) mass is 694 g/mol. The van der Waals surface area contributed by atoms with Crippen molar-refractivity contribution < 1.29 is 70.5 Å². The molecule has 0 rings (SSSR count). The van der Waals surface area contributed by atoms with Crippen LogP contribution in [0, 0.1) is 73.3 Å². The number of rotatable bonds is 3. The maximum absolute atomic E-state index is 11.5. The molecule has 0 fully saturated rings. The van der Waals surface area contributed by atoms with Gasteiger partial charge in [0.15, 0.2) is 17.3 Å². The summed E-state index contributed by atoms with van der Waals surface area (Å²) in [5, 5.41) is 28.7. The predicted octanol–water partition coefficient (Wildman–Crippen LogP) is 9.27. The second kappa shape index (κ2) is 16.6. The summed E-state index contributed by atoms with van der Waals surface area (Å²) in [6.07, 6.45) is 4.00. The van der Waals surface area contributed by atoms with Gasteiger partial charge < -0.3 is 15.3 Å². The molecule has 0 heterocycles. The predicted molar refractivity (Wildman–Crippen MR) is 164 cm³/mol. The molecule has 0 saturated heterocycles. The number of aliphatic hydroxyl groups excluding tert-OH is 3. The van der Waals surface area contributed by atoms with Crippen LogP contribution in [0.5, 0.6) is 0 Å². The molecule has 40 heavy (non-hydrogen) atoms. The van der Waals surface area contributed by atoms with Gasteiger partial charge in [-0.2, -0.15) is 0 Å². The fourth-order valence-corrected chi connectivity index (χ4v) is 1.67. The topological polar surface area (TPSA) is 112 Å². The standard InChI is InChI=1S/3C11H20O2.Nd/c3*1-10(2,3)8(12)7-9(13)11(4,5)6;/h3*7,12H,1-6H3;. The zero-order chi connectivity index (χ0) is 32.6. The van der Waals surface area contributed by atoms with Crippen LogP contribution >= 0.6 is 0 Å². The molecule has 0 aromatic carbocycles. The van der Waals surface area contributed by atoms with Gasteiger partial charge in [-0.05, 0) is 0 Å². The third kappa shape index (κ3) is 21.7. The summed E-state index contributed by atoms with van der Waals surface area (Å²) >= 11 is 0. The van der Waals surface area contributed by atoms with E-state index in [2.05, 4.69) is 0 Å². The molecule has 0 amide bonds. The first-order valence-corrected chi connectivity index (χ1v) is 13.5. The zero-order valence-electron chi connectivity index (χ0n) is 28.8. The van der Waals surface area contributed by atoms with Crippen molar-refractivity contribution >= 4 is 17.3 Å². The van der Waals surface area contributed by atoms with Crippen LogP contribution < -0.4 is 0 Å². The molecule has 0 bridgehead atoms. The van der Waals surface area contributed by atoms with Crippen molar-refractivity contribution in [3.05, 3.63) is 35.5 Å². The van der Waals surface area contributed by atoms with Gasteiger partial charge in [0.2, 0.25) is 0 Å². The Hall–Kier alpha value is -1.02. The van der Waals surface area contributed by atoms with E-state index in [-0.39, 0.29) is 91.7 Å². The van der Waals surface area contributed by atoms with E-state index in [4.69, 9.17) is 0 Å². The van der Waals surface area contributed by atoms with Crippen LogP contribution in [0.15, 0.2) is 35.5 Å². The van der Waals surface area contributed by atoms with Gasteiger partial charge in [0, 0.05) is 91.6 Å². The van der Waals surface area contributed by atoms with E-state index in [1.807, 2.05) is 125 Å². The summed E-state index contributed by atoms with van der Waals surface area (Å²) in [6.45, 7) is 33.3. The Morgan fingerprint density at radius 1 is 0.350 bits per heavy atom. The van der Waals surface area contributed by atoms with Crippen LogP contribution in [-0.4, -0.2) is 32.7 Å². The Kier molecular flexibility index (Phi) is 19.0. The van der Waals surface area contributed by atoms with Gasteiger partial charge in [-0.25, -0.2) is 0 Å². The molecule has 232 valence electrons. The normalized spacial score (nSPS) is 14.1. The Labute approximate surface area is 278 Å². The fourth-order valence-electron chi connectivity index (χ4n) is 1.67. The van der Waals surface area contributed by atoms with Gasteiger partial charge >= 0.3 is 0 Å². The third-order valence-corrected chi connectivity index (χ3v) is 5.33. The number of hydrogen-bond acceptors (Lipinski definition) is 6. The van der Waals surface area contributed by atoms with Crippen molar-refractivity contribution in [3.8, 4) is 0 Å². The van der Waals surface area contributed by atoms with Crippen LogP contribution in [0.25, 0.3) is 0 Å². The van der Waals surface area contributed by atoms with Crippen LogP contribution in [0.1, 0.15) is 125 Å². The molecule has 0 aliphatic heterocycles. The smallest absolute Gasteiger partial charge is 0.164 e. The Morgan fingerprint density at radius 2 is 0.475 bits per heavy atom. The van der Waals surface area contributed by atoms with Gasteiger partial charge in [-0.15, -0.1) is 0 Å². The Balaban J connectivity index is -0.000000240. The van der Waals surface area contributed by atoms with Crippen LogP contribution in [0.4, 0.5) is 0 Å². The van der Waals surface area contributed by atoms with Gasteiger partial charge in [0.1, 0.15) is 17.3 Å². The second-order valence-corrected chi connectivity index (χ2v) is 16.2. The summed E-state index contributed by atoms with van der Waals surface area (Å²) in [5.41, 5.74) is -2.29. The van der Waals surface area contributed by atoms with Gasteiger partial charge in [-0.3, -0.25) is 14.4 Å². The number of carbonyl (C=O) groups is 3.